The van der Waals surface area contributed by atoms with Crippen molar-refractivity contribution in [3.63, 3.8) is 0 Å². The van der Waals surface area contributed by atoms with Crippen LogP contribution in [-0.2, 0) is 17.9 Å². The number of benzene rings is 1. The van der Waals surface area contributed by atoms with Crippen molar-refractivity contribution in [2.75, 3.05) is 7.11 Å². The molecule has 4 heteroatoms. The number of hydrogen-bond donors (Lipinski definition) is 1. The van der Waals surface area contributed by atoms with Crippen LogP contribution in [0.5, 0.6) is 0 Å². The molecule has 0 amide bonds. The van der Waals surface area contributed by atoms with E-state index in [1.54, 1.807) is 7.11 Å². The smallest absolute Gasteiger partial charge is 0.153 e. The van der Waals surface area contributed by atoms with E-state index in [1.807, 2.05) is 13.0 Å². The lowest BCUT2D eigenvalue weighted by atomic mass is 10.1. The van der Waals surface area contributed by atoms with E-state index in [4.69, 9.17) is 20.8 Å². The third-order valence-electron chi connectivity index (χ3n) is 3.49. The average Bonchev–Trinajstić information content (AvgIpc) is 3.13. The van der Waals surface area contributed by atoms with E-state index < -0.39 is 0 Å². The molecule has 1 aromatic carbocycles. The van der Waals surface area contributed by atoms with Gasteiger partial charge in [-0.3, -0.25) is 0 Å². The molecule has 2 aromatic rings. The predicted molar refractivity (Wildman–Crippen MR) is 76.5 cm³/mol. The summed E-state index contributed by atoms with van der Waals surface area (Å²) in [6.07, 6.45) is 2.53. The fraction of sp³-hybridized carbons (Fsp3) is 0.467. The molecule has 1 N–H and O–H groups in total. The number of halogens is 1. The molecule has 1 saturated carbocycles. The number of furan rings is 1. The van der Waals surface area contributed by atoms with Crippen LogP contribution in [0.1, 0.15) is 29.7 Å². The first-order valence-electron chi connectivity index (χ1n) is 6.61. The largest absolute Gasteiger partial charge is 0.458 e. The van der Waals surface area contributed by atoms with Gasteiger partial charge < -0.3 is 14.5 Å². The fourth-order valence-corrected chi connectivity index (χ4v) is 2.67. The Kier molecular flexibility index (Phi) is 3.52. The van der Waals surface area contributed by atoms with Gasteiger partial charge in [0.2, 0.25) is 0 Å². The maximum absolute atomic E-state index is 6.27. The third kappa shape index (κ3) is 2.64. The quantitative estimate of drug-likeness (QED) is 0.904. The standard InChI is InChI=1S/C15H18ClNO2/c1-9-5-11-12(8-18-2)14(7-17-10-3-4-10)19-15(11)13(16)6-9/h5-6,10,17H,3-4,7-8H2,1-2H3. The van der Waals surface area contributed by atoms with Gasteiger partial charge in [-0.05, 0) is 37.5 Å². The SMILES string of the molecule is COCc1c(CNC2CC2)oc2c(Cl)cc(C)cc12. The van der Waals surface area contributed by atoms with Gasteiger partial charge in [-0.1, -0.05) is 11.6 Å². The minimum absolute atomic E-state index is 0.550. The number of ether oxygens (including phenoxy) is 1. The Hall–Kier alpha value is -1.03. The van der Waals surface area contributed by atoms with Gasteiger partial charge in [-0.25, -0.2) is 0 Å². The van der Waals surface area contributed by atoms with E-state index in [1.165, 1.54) is 12.8 Å². The summed E-state index contributed by atoms with van der Waals surface area (Å²) in [6.45, 7) is 3.33. The van der Waals surface area contributed by atoms with E-state index in [2.05, 4.69) is 11.4 Å². The van der Waals surface area contributed by atoms with Crippen molar-refractivity contribution in [1.29, 1.82) is 0 Å². The molecule has 0 aliphatic heterocycles. The maximum Gasteiger partial charge on any atom is 0.153 e. The normalized spacial score (nSPS) is 15.3. The summed E-state index contributed by atoms with van der Waals surface area (Å²) in [6, 6.07) is 4.70. The van der Waals surface area contributed by atoms with Gasteiger partial charge in [0.1, 0.15) is 5.76 Å². The van der Waals surface area contributed by atoms with Crippen molar-refractivity contribution < 1.29 is 9.15 Å². The molecule has 3 nitrogen and oxygen atoms in total. The van der Waals surface area contributed by atoms with E-state index >= 15 is 0 Å². The second kappa shape index (κ2) is 5.16. The van der Waals surface area contributed by atoms with Crippen molar-refractivity contribution in [1.82, 2.24) is 5.32 Å². The van der Waals surface area contributed by atoms with Crippen LogP contribution >= 0.6 is 11.6 Å². The molecular formula is C15H18ClNO2. The minimum Gasteiger partial charge on any atom is -0.458 e. The van der Waals surface area contributed by atoms with Gasteiger partial charge in [-0.2, -0.15) is 0 Å². The Balaban J connectivity index is 2.03. The zero-order valence-corrected chi connectivity index (χ0v) is 12.0. The second-order valence-corrected chi connectivity index (χ2v) is 5.62. The summed E-state index contributed by atoms with van der Waals surface area (Å²) in [4.78, 5) is 0. The van der Waals surface area contributed by atoms with Crippen molar-refractivity contribution >= 4 is 22.6 Å². The van der Waals surface area contributed by atoms with Crippen LogP contribution in [-0.4, -0.2) is 13.2 Å². The van der Waals surface area contributed by atoms with E-state index in [9.17, 15) is 0 Å². The molecule has 0 radical (unpaired) electrons. The number of rotatable bonds is 5. The molecule has 1 aliphatic carbocycles. The Morgan fingerprint density at radius 2 is 2.21 bits per heavy atom. The molecular weight excluding hydrogens is 262 g/mol. The molecule has 1 heterocycles. The highest BCUT2D eigenvalue weighted by Gasteiger charge is 2.23. The number of fused-ring (bicyclic) bond motifs is 1. The number of aryl methyl sites for hydroxylation is 1. The topological polar surface area (TPSA) is 34.4 Å². The first-order chi connectivity index (χ1) is 9.19. The minimum atomic E-state index is 0.550. The Morgan fingerprint density at radius 3 is 2.89 bits per heavy atom. The molecule has 1 fully saturated rings. The van der Waals surface area contributed by atoms with Crippen LogP contribution in [0.4, 0.5) is 0 Å². The fourth-order valence-electron chi connectivity index (χ4n) is 2.36. The summed E-state index contributed by atoms with van der Waals surface area (Å²) in [5, 5.41) is 5.21. The van der Waals surface area contributed by atoms with E-state index in [-0.39, 0.29) is 0 Å². The van der Waals surface area contributed by atoms with Crippen molar-refractivity contribution in [2.45, 2.75) is 39.0 Å². The number of nitrogens with one attached hydrogen (secondary N) is 1. The van der Waals surface area contributed by atoms with E-state index in [0.717, 1.165) is 34.4 Å². The van der Waals surface area contributed by atoms with Gasteiger partial charge in [0.15, 0.2) is 5.58 Å². The summed E-state index contributed by atoms with van der Waals surface area (Å²) in [5.41, 5.74) is 3.01. The lowest BCUT2D eigenvalue weighted by Crippen LogP contribution is -2.15. The first kappa shape index (κ1) is 13.0. The van der Waals surface area contributed by atoms with Crippen LogP contribution in [0.25, 0.3) is 11.0 Å². The van der Waals surface area contributed by atoms with Gasteiger partial charge in [0.05, 0.1) is 18.2 Å². The molecule has 0 saturated heterocycles. The van der Waals surface area contributed by atoms with Crippen molar-refractivity contribution in [3.8, 4) is 0 Å². The van der Waals surface area contributed by atoms with E-state index in [0.29, 0.717) is 17.7 Å². The summed E-state index contributed by atoms with van der Waals surface area (Å²) in [5.74, 6) is 0.941. The summed E-state index contributed by atoms with van der Waals surface area (Å²) in [7, 11) is 1.70. The first-order valence-corrected chi connectivity index (χ1v) is 6.99. The van der Waals surface area contributed by atoms with Crippen LogP contribution < -0.4 is 5.32 Å². The van der Waals surface area contributed by atoms with Crippen LogP contribution in [0.2, 0.25) is 5.02 Å². The van der Waals surface area contributed by atoms with Gasteiger partial charge in [0.25, 0.3) is 0 Å². The maximum atomic E-state index is 6.27. The lowest BCUT2D eigenvalue weighted by Gasteiger charge is -2.03. The Morgan fingerprint density at radius 1 is 1.42 bits per heavy atom. The lowest BCUT2D eigenvalue weighted by molar-refractivity contribution is 0.183. The number of hydrogen-bond acceptors (Lipinski definition) is 3. The Labute approximate surface area is 117 Å². The Bertz CT molecular complexity index is 602. The molecule has 1 aromatic heterocycles. The molecule has 0 atom stereocenters. The highest BCUT2D eigenvalue weighted by atomic mass is 35.5. The summed E-state index contributed by atoms with van der Waals surface area (Å²) < 4.78 is 11.2. The van der Waals surface area contributed by atoms with Crippen molar-refractivity contribution in [3.05, 3.63) is 34.0 Å². The third-order valence-corrected chi connectivity index (χ3v) is 3.77. The van der Waals surface area contributed by atoms with Gasteiger partial charge in [0, 0.05) is 24.1 Å². The average molecular weight is 280 g/mol. The van der Waals surface area contributed by atoms with Crippen LogP contribution in [0.3, 0.4) is 0 Å². The zero-order valence-electron chi connectivity index (χ0n) is 11.3. The van der Waals surface area contributed by atoms with Crippen LogP contribution in [0.15, 0.2) is 16.5 Å². The molecule has 0 bridgehead atoms. The zero-order chi connectivity index (χ0) is 13.4. The molecule has 0 spiro atoms. The molecule has 3 rings (SSSR count). The highest BCUT2D eigenvalue weighted by Crippen LogP contribution is 2.33. The summed E-state index contributed by atoms with van der Waals surface area (Å²) >= 11 is 6.27. The van der Waals surface area contributed by atoms with Gasteiger partial charge >= 0.3 is 0 Å². The number of methoxy groups -OCH3 is 1. The van der Waals surface area contributed by atoms with Crippen molar-refractivity contribution in [2.24, 2.45) is 0 Å². The predicted octanol–water partition coefficient (Wildman–Crippen LogP) is 3.79. The second-order valence-electron chi connectivity index (χ2n) is 5.22. The van der Waals surface area contributed by atoms with Gasteiger partial charge in [-0.15, -0.1) is 0 Å². The molecule has 102 valence electrons. The molecule has 0 unspecified atom stereocenters. The molecule has 1 aliphatic rings. The molecule has 19 heavy (non-hydrogen) atoms. The van der Waals surface area contributed by atoms with Crippen LogP contribution in [0, 0.1) is 6.92 Å². The highest BCUT2D eigenvalue weighted by molar-refractivity contribution is 6.35. The monoisotopic (exact) mass is 279 g/mol.